The molecule has 158 valence electrons. The molecule has 5 nitrogen and oxygen atoms in total. The second-order valence-corrected chi connectivity index (χ2v) is 8.50. The Morgan fingerprint density at radius 3 is 2.27 bits per heavy atom. The first-order valence-electron chi connectivity index (χ1n) is 10.2. The summed E-state index contributed by atoms with van der Waals surface area (Å²) in [5.74, 6) is 1.62. The van der Waals surface area contributed by atoms with E-state index in [1.165, 1.54) is 17.7 Å². The van der Waals surface area contributed by atoms with Gasteiger partial charge in [0, 0.05) is 42.8 Å². The molecule has 0 unspecified atom stereocenters. The van der Waals surface area contributed by atoms with Gasteiger partial charge < -0.3 is 19.3 Å². The van der Waals surface area contributed by atoms with Crippen LogP contribution in [0.25, 0.3) is 11.3 Å². The number of halogens is 1. The van der Waals surface area contributed by atoms with Crippen LogP contribution in [0.2, 0.25) is 5.15 Å². The Morgan fingerprint density at radius 1 is 1.07 bits per heavy atom. The summed E-state index contributed by atoms with van der Waals surface area (Å²) in [7, 11) is 9.57. The summed E-state index contributed by atoms with van der Waals surface area (Å²) in [4.78, 5) is 8.70. The molecule has 1 aliphatic heterocycles. The van der Waals surface area contributed by atoms with Crippen molar-refractivity contribution in [2.75, 3.05) is 35.4 Å². The van der Waals surface area contributed by atoms with Gasteiger partial charge in [-0.2, -0.15) is 0 Å². The highest BCUT2D eigenvalue weighted by atomic mass is 35.5. The number of pyridine rings is 1. The summed E-state index contributed by atoms with van der Waals surface area (Å²) < 4.78 is 11.5. The molecule has 0 bridgehead atoms. The summed E-state index contributed by atoms with van der Waals surface area (Å²) in [6.45, 7) is 0.730. The van der Waals surface area contributed by atoms with Gasteiger partial charge in [-0.1, -0.05) is 11.6 Å². The van der Waals surface area contributed by atoms with Gasteiger partial charge in [0.05, 0.1) is 19.8 Å². The summed E-state index contributed by atoms with van der Waals surface area (Å²) in [6, 6.07) is 6.13. The van der Waals surface area contributed by atoms with Gasteiger partial charge >= 0.3 is 0 Å². The molecule has 1 aromatic heterocycles. The Labute approximate surface area is 183 Å². The molecule has 2 aromatic rings. The van der Waals surface area contributed by atoms with E-state index in [1.54, 1.807) is 14.2 Å². The van der Waals surface area contributed by atoms with E-state index in [1.807, 2.05) is 26.4 Å². The van der Waals surface area contributed by atoms with Crippen LogP contribution in [0, 0.1) is 0 Å². The predicted molar refractivity (Wildman–Crippen MR) is 122 cm³/mol. The molecular formula is C24H28ClN3O2. The highest BCUT2D eigenvalue weighted by molar-refractivity contribution is 6.29. The molecule has 0 atom stereocenters. The number of aromatic nitrogens is 1. The first kappa shape index (κ1) is 20.8. The fourth-order valence-corrected chi connectivity index (χ4v) is 4.39. The highest BCUT2D eigenvalue weighted by Gasteiger charge is 2.28. The van der Waals surface area contributed by atoms with Crippen molar-refractivity contribution in [1.82, 2.24) is 14.8 Å². The Bertz CT molecular complexity index is 1010. The summed E-state index contributed by atoms with van der Waals surface area (Å²) >= 11 is 6.32. The van der Waals surface area contributed by atoms with E-state index < -0.39 is 0 Å². The molecule has 1 aliphatic carbocycles. The molecule has 0 amide bonds. The zero-order valence-electron chi connectivity index (χ0n) is 18.3. The molecule has 0 N–H and O–H groups in total. The van der Waals surface area contributed by atoms with E-state index in [9.17, 15) is 0 Å². The van der Waals surface area contributed by atoms with Gasteiger partial charge in [0.2, 0.25) is 0 Å². The van der Waals surface area contributed by atoms with Crippen molar-refractivity contribution in [2.45, 2.75) is 25.8 Å². The van der Waals surface area contributed by atoms with Crippen molar-refractivity contribution in [3.05, 3.63) is 63.6 Å². The standard InChI is InChI=1S/C24H28ClN3O2/c1-27(2)13-20-21(29-4)9-16(10-22(20)30-5)19-14-28(3)24(15-7-6-8-15)18-12-26-23(25)11-17(18)19/h9-12,14H,6-8,13H2,1-5H3. The number of fused-ring (bicyclic) bond motifs is 1. The molecule has 0 radical (unpaired) electrons. The minimum Gasteiger partial charge on any atom is -0.496 e. The minimum absolute atomic E-state index is 0.491. The molecule has 4 rings (SSSR count). The fraction of sp³-hybridized carbons (Fsp3) is 0.375. The van der Waals surface area contributed by atoms with E-state index in [-0.39, 0.29) is 0 Å². The van der Waals surface area contributed by atoms with Crippen molar-refractivity contribution < 1.29 is 9.47 Å². The van der Waals surface area contributed by atoms with Gasteiger partial charge in [-0.3, -0.25) is 0 Å². The maximum atomic E-state index is 6.32. The average Bonchev–Trinajstić information content (AvgIpc) is 2.68. The Balaban J connectivity index is 1.89. The molecular weight excluding hydrogens is 398 g/mol. The van der Waals surface area contributed by atoms with E-state index >= 15 is 0 Å². The molecule has 2 aliphatic rings. The van der Waals surface area contributed by atoms with Crippen molar-refractivity contribution in [2.24, 2.45) is 0 Å². The van der Waals surface area contributed by atoms with Crippen LogP contribution in [-0.2, 0) is 6.54 Å². The maximum absolute atomic E-state index is 6.32. The van der Waals surface area contributed by atoms with Gasteiger partial charge in [-0.05, 0) is 68.3 Å². The van der Waals surface area contributed by atoms with Crippen molar-refractivity contribution in [3.8, 4) is 11.5 Å². The van der Waals surface area contributed by atoms with Crippen LogP contribution in [0.5, 0.6) is 11.5 Å². The number of hydrogen-bond donors (Lipinski definition) is 0. The normalized spacial score (nSPS) is 15.7. The maximum Gasteiger partial charge on any atom is 0.129 e. The van der Waals surface area contributed by atoms with E-state index in [0.29, 0.717) is 5.15 Å². The molecule has 6 heteroatoms. The second-order valence-electron chi connectivity index (χ2n) is 8.11. The number of ether oxygens (including phenoxy) is 2. The van der Waals surface area contributed by atoms with E-state index in [2.05, 4.69) is 40.2 Å². The lowest BCUT2D eigenvalue weighted by molar-refractivity contribution is 0.348. The number of rotatable bonds is 5. The summed E-state index contributed by atoms with van der Waals surface area (Å²) in [5, 5.41) is 0.491. The molecule has 1 fully saturated rings. The second kappa shape index (κ2) is 8.32. The largest absolute Gasteiger partial charge is 0.496 e. The molecule has 2 heterocycles. The predicted octanol–water partition coefficient (Wildman–Crippen LogP) is 5.04. The van der Waals surface area contributed by atoms with Gasteiger partial charge in [-0.15, -0.1) is 0 Å². The van der Waals surface area contributed by atoms with Gasteiger partial charge in [0.25, 0.3) is 0 Å². The Kier molecular flexibility index (Phi) is 5.76. The van der Waals surface area contributed by atoms with E-state index in [0.717, 1.165) is 58.7 Å². The Hall–Kier alpha value is -2.50. The van der Waals surface area contributed by atoms with Crippen molar-refractivity contribution >= 4 is 22.9 Å². The summed E-state index contributed by atoms with van der Waals surface area (Å²) in [6.07, 6.45) is 7.62. The lowest BCUT2D eigenvalue weighted by atomic mass is 9.83. The third-order valence-electron chi connectivity index (χ3n) is 5.78. The molecule has 30 heavy (non-hydrogen) atoms. The molecule has 0 spiro atoms. The van der Waals surface area contributed by atoms with Crippen LogP contribution < -0.4 is 9.47 Å². The van der Waals surface area contributed by atoms with E-state index in [4.69, 9.17) is 21.1 Å². The third kappa shape index (κ3) is 3.68. The topological polar surface area (TPSA) is 37.8 Å². The number of allylic oxidation sites excluding steroid dienone is 1. The molecule has 1 aromatic carbocycles. The quantitative estimate of drug-likeness (QED) is 0.627. The van der Waals surface area contributed by atoms with Crippen molar-refractivity contribution in [1.29, 1.82) is 0 Å². The van der Waals surface area contributed by atoms with Crippen LogP contribution in [-0.4, -0.2) is 50.1 Å². The van der Waals surface area contributed by atoms with Crippen LogP contribution in [0.1, 0.15) is 41.5 Å². The monoisotopic (exact) mass is 425 g/mol. The zero-order valence-corrected chi connectivity index (χ0v) is 19.0. The Morgan fingerprint density at radius 2 is 1.73 bits per heavy atom. The van der Waals surface area contributed by atoms with Crippen LogP contribution in [0.15, 0.2) is 36.2 Å². The molecule has 0 saturated heterocycles. The third-order valence-corrected chi connectivity index (χ3v) is 5.98. The minimum atomic E-state index is 0.491. The fourth-order valence-electron chi connectivity index (χ4n) is 4.23. The smallest absolute Gasteiger partial charge is 0.129 e. The number of methoxy groups -OCH3 is 2. The number of hydrogen-bond acceptors (Lipinski definition) is 5. The lowest BCUT2D eigenvalue weighted by Crippen LogP contribution is -2.21. The van der Waals surface area contributed by atoms with Gasteiger partial charge in [-0.25, -0.2) is 4.98 Å². The van der Waals surface area contributed by atoms with Crippen LogP contribution in [0.4, 0.5) is 0 Å². The zero-order chi connectivity index (χ0) is 21.4. The van der Waals surface area contributed by atoms with Crippen LogP contribution in [0.3, 0.4) is 0 Å². The lowest BCUT2D eigenvalue weighted by Gasteiger charge is -2.33. The number of benzene rings is 1. The van der Waals surface area contributed by atoms with Gasteiger partial charge in [0.15, 0.2) is 0 Å². The first-order valence-corrected chi connectivity index (χ1v) is 10.5. The average molecular weight is 426 g/mol. The summed E-state index contributed by atoms with van der Waals surface area (Å²) in [5.41, 5.74) is 8.09. The van der Waals surface area contributed by atoms with Crippen molar-refractivity contribution in [3.63, 3.8) is 0 Å². The number of nitrogens with zero attached hydrogens (tertiary/aromatic N) is 3. The molecule has 1 saturated carbocycles. The first-order chi connectivity index (χ1) is 14.4. The van der Waals surface area contributed by atoms with Crippen LogP contribution >= 0.6 is 11.6 Å². The SMILES string of the molecule is COc1cc(C2=CN(C)C(=C3CCC3)c3cnc(Cl)cc32)cc(OC)c1CN(C)C. The van der Waals surface area contributed by atoms with Gasteiger partial charge in [0.1, 0.15) is 16.7 Å². The highest BCUT2D eigenvalue weighted by Crippen LogP contribution is 2.44.